The fraction of sp³-hybridized carbons (Fsp3) is 0.200. The average Bonchev–Trinajstić information content (AvgIpc) is 2.34. The van der Waals surface area contributed by atoms with E-state index in [1.165, 1.54) is 0 Å². The molecule has 0 saturated heterocycles. The first-order chi connectivity index (χ1) is 4.79. The number of thiophene rings is 1. The third kappa shape index (κ3) is 3.24. The molecule has 0 aliphatic carbocycles. The quantitative estimate of drug-likeness (QED) is 0.737. The number of halogens is 2. The number of rotatable bonds is 3. The second-order valence-corrected chi connectivity index (χ2v) is 5.90. The average molecular weight is 240 g/mol. The summed E-state index contributed by atoms with van der Waals surface area (Å²) in [5.41, 5.74) is 0. The Morgan fingerprint density at radius 2 is 2.40 bits per heavy atom. The zero-order valence-electron chi connectivity index (χ0n) is 4.87. The van der Waals surface area contributed by atoms with Crippen molar-refractivity contribution in [1.29, 1.82) is 0 Å². The molecule has 1 rings (SSSR count). The number of hydrogen-bond acceptors (Lipinski definition) is 2. The van der Waals surface area contributed by atoms with E-state index in [0.717, 1.165) is 4.88 Å². The molecule has 0 aromatic carbocycles. The zero-order valence-corrected chi connectivity index (χ0v) is 8.30. The first-order valence-corrected chi connectivity index (χ1v) is 6.82. The van der Waals surface area contributed by atoms with Crippen LogP contribution in [0.15, 0.2) is 17.5 Å². The Morgan fingerprint density at radius 3 is 2.90 bits per heavy atom. The third-order valence-electron chi connectivity index (χ3n) is 0.851. The van der Waals surface area contributed by atoms with Gasteiger partial charge in [-0.3, -0.25) is 0 Å². The van der Waals surface area contributed by atoms with Gasteiger partial charge in [-0.05, 0) is 0 Å². The van der Waals surface area contributed by atoms with Crippen molar-refractivity contribution in [2.75, 3.05) is 0 Å². The van der Waals surface area contributed by atoms with E-state index in [4.69, 9.17) is 24.0 Å². The molecule has 0 amide bonds. The standard InChI is InChI=1S/C5H5OS.2ClH.Fe/c6-4-5-2-1-3-7-5;;;/h1-3H,4H2;2*1H;/q-1;;;+3/p-2. The second kappa shape index (κ2) is 4.60. The summed E-state index contributed by atoms with van der Waals surface area (Å²) >= 11 is 0.229. The molecule has 0 fully saturated rings. The van der Waals surface area contributed by atoms with Gasteiger partial charge in [0.25, 0.3) is 0 Å². The van der Waals surface area contributed by atoms with E-state index in [2.05, 4.69) is 0 Å². The molecule has 59 valence electrons. The summed E-state index contributed by atoms with van der Waals surface area (Å²) in [6.07, 6.45) is 0. The molecule has 0 saturated carbocycles. The molecule has 1 nitrogen and oxygen atoms in total. The molecule has 0 spiro atoms. The Labute approximate surface area is 76.6 Å². The van der Waals surface area contributed by atoms with Gasteiger partial charge < -0.3 is 0 Å². The summed E-state index contributed by atoms with van der Waals surface area (Å²) in [7, 11) is 10.9. The molecule has 10 heavy (non-hydrogen) atoms. The second-order valence-electron chi connectivity index (χ2n) is 1.49. The molecule has 1 heterocycles. The van der Waals surface area contributed by atoms with E-state index in [1.807, 2.05) is 17.5 Å². The van der Waals surface area contributed by atoms with Crippen LogP contribution in [0.1, 0.15) is 4.88 Å². The van der Waals surface area contributed by atoms with Crippen LogP contribution in [0.3, 0.4) is 0 Å². The van der Waals surface area contributed by atoms with Crippen LogP contribution in [-0.2, 0) is 22.8 Å². The van der Waals surface area contributed by atoms with Crippen molar-refractivity contribution >= 4 is 31.5 Å². The fourth-order valence-corrected chi connectivity index (χ4v) is 1.81. The minimum atomic E-state index is -1.41. The van der Waals surface area contributed by atoms with Gasteiger partial charge in [-0.15, -0.1) is 0 Å². The van der Waals surface area contributed by atoms with E-state index in [-0.39, 0.29) is 0 Å². The Morgan fingerprint density at radius 1 is 1.60 bits per heavy atom. The zero-order chi connectivity index (χ0) is 7.40. The fourth-order valence-electron chi connectivity index (χ4n) is 0.484. The molecule has 0 aliphatic rings. The Hall–Kier alpha value is 0.759. The van der Waals surface area contributed by atoms with Crippen LogP contribution in [-0.4, -0.2) is 0 Å². The van der Waals surface area contributed by atoms with Gasteiger partial charge in [0, 0.05) is 0 Å². The first kappa shape index (κ1) is 8.85. The molecule has 1 aromatic rings. The molecule has 0 unspecified atom stereocenters. The Bertz CT molecular complexity index is 178. The predicted octanol–water partition coefficient (Wildman–Crippen LogP) is 3.11. The SMILES string of the molecule is [Cl][Fe]([Cl])[O]Cc1cccs1. The van der Waals surface area contributed by atoms with Crippen LogP contribution in [0.25, 0.3) is 0 Å². The van der Waals surface area contributed by atoms with Gasteiger partial charge in [0.1, 0.15) is 0 Å². The molecular weight excluding hydrogens is 235 g/mol. The molecule has 0 radical (unpaired) electrons. The monoisotopic (exact) mass is 239 g/mol. The van der Waals surface area contributed by atoms with E-state index < -0.39 is 12.4 Å². The van der Waals surface area contributed by atoms with E-state index in [0.29, 0.717) is 6.61 Å². The molecule has 0 atom stereocenters. The number of hydrogen-bond donors (Lipinski definition) is 0. The van der Waals surface area contributed by atoms with Gasteiger partial charge in [0.15, 0.2) is 0 Å². The van der Waals surface area contributed by atoms with Gasteiger partial charge >= 0.3 is 76.8 Å². The maximum atomic E-state index is 5.43. The molecule has 0 bridgehead atoms. The van der Waals surface area contributed by atoms with Crippen LogP contribution >= 0.6 is 31.5 Å². The van der Waals surface area contributed by atoms with Crippen molar-refractivity contribution in [3.8, 4) is 0 Å². The van der Waals surface area contributed by atoms with Crippen molar-refractivity contribution in [3.05, 3.63) is 22.4 Å². The van der Waals surface area contributed by atoms with Crippen molar-refractivity contribution < 1.29 is 16.2 Å². The summed E-state index contributed by atoms with van der Waals surface area (Å²) in [5, 5.41) is 1.99. The summed E-state index contributed by atoms with van der Waals surface area (Å²) < 4.78 is 5.01. The van der Waals surface area contributed by atoms with Gasteiger partial charge in [-0.25, -0.2) is 0 Å². The van der Waals surface area contributed by atoms with E-state index >= 15 is 0 Å². The summed E-state index contributed by atoms with van der Waals surface area (Å²) in [6, 6.07) is 3.95. The van der Waals surface area contributed by atoms with Gasteiger partial charge in [-0.1, -0.05) is 0 Å². The van der Waals surface area contributed by atoms with Crippen molar-refractivity contribution in [2.24, 2.45) is 0 Å². The Balaban J connectivity index is 2.28. The van der Waals surface area contributed by atoms with Crippen LogP contribution in [0.4, 0.5) is 0 Å². The summed E-state index contributed by atoms with van der Waals surface area (Å²) in [6.45, 7) is 0.532. The molecular formula is C5H5Cl2FeOS. The summed E-state index contributed by atoms with van der Waals surface area (Å²) in [5.74, 6) is 0. The molecule has 5 heteroatoms. The van der Waals surface area contributed by atoms with Crippen LogP contribution < -0.4 is 0 Å². The minimum absolute atomic E-state index is 0.532. The van der Waals surface area contributed by atoms with Crippen LogP contribution in [0.2, 0.25) is 0 Å². The summed E-state index contributed by atoms with van der Waals surface area (Å²) in [4.78, 5) is 1.15. The topological polar surface area (TPSA) is 9.23 Å². The van der Waals surface area contributed by atoms with Gasteiger partial charge in [0.05, 0.1) is 0 Å². The first-order valence-electron chi connectivity index (χ1n) is 2.45. The van der Waals surface area contributed by atoms with Crippen molar-refractivity contribution in [1.82, 2.24) is 0 Å². The van der Waals surface area contributed by atoms with Crippen LogP contribution in [0.5, 0.6) is 0 Å². The molecule has 0 aliphatic heterocycles. The normalized spacial score (nSPS) is 11.6. The van der Waals surface area contributed by atoms with E-state index in [9.17, 15) is 0 Å². The van der Waals surface area contributed by atoms with E-state index in [1.54, 1.807) is 11.3 Å². The van der Waals surface area contributed by atoms with Gasteiger partial charge in [0.2, 0.25) is 0 Å². The predicted molar refractivity (Wildman–Crippen MR) is 40.8 cm³/mol. The maximum absolute atomic E-state index is 5.43. The Kier molecular flexibility index (Phi) is 4.07. The molecule has 1 aromatic heterocycles. The molecule has 0 N–H and O–H groups in total. The van der Waals surface area contributed by atoms with Crippen molar-refractivity contribution in [2.45, 2.75) is 6.61 Å². The van der Waals surface area contributed by atoms with Crippen molar-refractivity contribution in [3.63, 3.8) is 0 Å². The van der Waals surface area contributed by atoms with Gasteiger partial charge in [-0.2, -0.15) is 0 Å². The van der Waals surface area contributed by atoms with Crippen LogP contribution in [0, 0.1) is 0 Å². The third-order valence-corrected chi connectivity index (χ3v) is 2.74.